The van der Waals surface area contributed by atoms with Gasteiger partial charge in [0, 0.05) is 26.2 Å². The van der Waals surface area contributed by atoms with Crippen molar-refractivity contribution >= 4 is 16.9 Å². The van der Waals surface area contributed by atoms with Crippen LogP contribution in [0.1, 0.15) is 0 Å². The molecule has 0 amide bonds. The first kappa shape index (κ1) is 14.6. The van der Waals surface area contributed by atoms with E-state index in [1.54, 1.807) is 0 Å². The van der Waals surface area contributed by atoms with Gasteiger partial charge in [-0.15, -0.1) is 0 Å². The second kappa shape index (κ2) is 6.27. The molecule has 0 aliphatic carbocycles. The Bertz CT molecular complexity index is 690. The number of para-hydroxylation sites is 1. The standard InChI is InChI=1S/C16H20N4O3/c21-13-9-22-10-14(13)23-15-11-3-1-2-4-12(11)18-16(19-15)20-7-5-17-6-8-20/h1-4,13-14,17,21H,5-10H2/t13-,14+/m1/s1. The zero-order chi connectivity index (χ0) is 15.6. The van der Waals surface area contributed by atoms with Crippen LogP contribution in [0.5, 0.6) is 5.88 Å². The average Bonchev–Trinajstić information content (AvgIpc) is 3.00. The smallest absolute Gasteiger partial charge is 0.229 e. The van der Waals surface area contributed by atoms with E-state index in [1.807, 2.05) is 24.3 Å². The van der Waals surface area contributed by atoms with Crippen LogP contribution >= 0.6 is 0 Å². The third kappa shape index (κ3) is 2.95. The fraction of sp³-hybridized carbons (Fsp3) is 0.500. The van der Waals surface area contributed by atoms with E-state index in [0.29, 0.717) is 25.0 Å². The van der Waals surface area contributed by atoms with E-state index < -0.39 is 6.10 Å². The third-order valence-corrected chi connectivity index (χ3v) is 4.22. The Labute approximate surface area is 134 Å². The van der Waals surface area contributed by atoms with Crippen LogP contribution in [0.15, 0.2) is 24.3 Å². The molecule has 2 aliphatic rings. The van der Waals surface area contributed by atoms with Crippen molar-refractivity contribution in [3.8, 4) is 5.88 Å². The van der Waals surface area contributed by atoms with Gasteiger partial charge in [-0.3, -0.25) is 0 Å². The van der Waals surface area contributed by atoms with Crippen molar-refractivity contribution in [2.75, 3.05) is 44.3 Å². The summed E-state index contributed by atoms with van der Waals surface area (Å²) >= 11 is 0. The summed E-state index contributed by atoms with van der Waals surface area (Å²) in [7, 11) is 0. The molecule has 0 bridgehead atoms. The number of aliphatic hydroxyl groups is 1. The summed E-state index contributed by atoms with van der Waals surface area (Å²) in [5.74, 6) is 1.19. The molecular formula is C16H20N4O3. The molecule has 0 saturated carbocycles. The lowest BCUT2D eigenvalue weighted by molar-refractivity contribution is 0.0715. The predicted molar refractivity (Wildman–Crippen MR) is 85.9 cm³/mol. The number of hydrogen-bond donors (Lipinski definition) is 2. The van der Waals surface area contributed by atoms with E-state index in [4.69, 9.17) is 9.47 Å². The molecule has 0 radical (unpaired) electrons. The molecule has 0 unspecified atom stereocenters. The maximum atomic E-state index is 9.93. The summed E-state index contributed by atoms with van der Waals surface area (Å²) < 4.78 is 11.2. The predicted octanol–water partition coefficient (Wildman–Crippen LogP) is 0.178. The number of ether oxygens (including phenoxy) is 2. The van der Waals surface area contributed by atoms with Gasteiger partial charge in [-0.2, -0.15) is 4.98 Å². The molecule has 4 rings (SSSR count). The number of aromatic nitrogens is 2. The van der Waals surface area contributed by atoms with Gasteiger partial charge in [0.05, 0.1) is 24.1 Å². The van der Waals surface area contributed by atoms with Crippen molar-refractivity contribution in [2.24, 2.45) is 0 Å². The Balaban J connectivity index is 1.71. The zero-order valence-corrected chi connectivity index (χ0v) is 12.8. The minimum absolute atomic E-state index is 0.304. The first-order chi connectivity index (χ1) is 11.3. The molecule has 2 aliphatic heterocycles. The Kier molecular flexibility index (Phi) is 3.99. The van der Waals surface area contributed by atoms with Gasteiger partial charge in [0.2, 0.25) is 11.8 Å². The largest absolute Gasteiger partial charge is 0.468 e. The minimum Gasteiger partial charge on any atom is -0.468 e. The van der Waals surface area contributed by atoms with Crippen LogP contribution in [0.2, 0.25) is 0 Å². The Morgan fingerprint density at radius 3 is 2.78 bits per heavy atom. The van der Waals surface area contributed by atoms with Gasteiger partial charge in [0.1, 0.15) is 6.10 Å². The van der Waals surface area contributed by atoms with E-state index in [-0.39, 0.29) is 6.10 Å². The van der Waals surface area contributed by atoms with Gasteiger partial charge in [-0.1, -0.05) is 12.1 Å². The lowest BCUT2D eigenvalue weighted by Gasteiger charge is -2.28. The zero-order valence-electron chi connectivity index (χ0n) is 12.8. The maximum Gasteiger partial charge on any atom is 0.229 e. The van der Waals surface area contributed by atoms with Gasteiger partial charge in [0.25, 0.3) is 0 Å². The number of rotatable bonds is 3. The van der Waals surface area contributed by atoms with Crippen LogP contribution in [0, 0.1) is 0 Å². The first-order valence-corrected chi connectivity index (χ1v) is 7.96. The summed E-state index contributed by atoms with van der Waals surface area (Å²) in [5.41, 5.74) is 0.847. The summed E-state index contributed by atoms with van der Waals surface area (Å²) in [4.78, 5) is 11.4. The molecule has 7 heteroatoms. The van der Waals surface area contributed by atoms with Crippen molar-refractivity contribution in [1.29, 1.82) is 0 Å². The van der Waals surface area contributed by atoms with E-state index >= 15 is 0 Å². The number of piperazine rings is 1. The molecule has 0 spiro atoms. The summed E-state index contributed by atoms with van der Waals surface area (Å²) in [6.07, 6.45) is -1.00. The van der Waals surface area contributed by atoms with Crippen molar-refractivity contribution in [2.45, 2.75) is 12.2 Å². The van der Waals surface area contributed by atoms with E-state index in [1.165, 1.54) is 0 Å². The molecule has 122 valence electrons. The Hall–Kier alpha value is -1.96. The van der Waals surface area contributed by atoms with Crippen molar-refractivity contribution in [3.05, 3.63) is 24.3 Å². The van der Waals surface area contributed by atoms with E-state index in [9.17, 15) is 5.11 Å². The molecule has 2 atom stereocenters. The minimum atomic E-state index is -0.619. The lowest BCUT2D eigenvalue weighted by atomic mass is 10.2. The van der Waals surface area contributed by atoms with Crippen LogP contribution in [0.25, 0.3) is 10.9 Å². The topological polar surface area (TPSA) is 79.7 Å². The number of nitrogens with zero attached hydrogens (tertiary/aromatic N) is 3. The number of nitrogens with one attached hydrogen (secondary N) is 1. The van der Waals surface area contributed by atoms with Gasteiger partial charge in [-0.25, -0.2) is 4.98 Å². The number of hydrogen-bond acceptors (Lipinski definition) is 7. The average molecular weight is 316 g/mol. The van der Waals surface area contributed by atoms with Gasteiger partial charge in [0.15, 0.2) is 6.10 Å². The fourth-order valence-electron chi connectivity index (χ4n) is 2.91. The molecule has 23 heavy (non-hydrogen) atoms. The van der Waals surface area contributed by atoms with Gasteiger partial charge in [-0.05, 0) is 12.1 Å². The number of benzene rings is 1. The molecule has 2 aromatic rings. The summed E-state index contributed by atoms with van der Waals surface area (Å²) in [5, 5.41) is 14.1. The van der Waals surface area contributed by atoms with E-state index in [0.717, 1.165) is 37.1 Å². The first-order valence-electron chi connectivity index (χ1n) is 7.96. The Morgan fingerprint density at radius 2 is 2.00 bits per heavy atom. The summed E-state index contributed by atoms with van der Waals surface area (Å²) in [6.45, 7) is 4.25. The molecule has 2 saturated heterocycles. The lowest BCUT2D eigenvalue weighted by Crippen LogP contribution is -2.44. The van der Waals surface area contributed by atoms with Crippen LogP contribution in [0.4, 0.5) is 5.95 Å². The highest BCUT2D eigenvalue weighted by Gasteiger charge is 2.29. The third-order valence-electron chi connectivity index (χ3n) is 4.22. The highest BCUT2D eigenvalue weighted by molar-refractivity contribution is 5.84. The quantitative estimate of drug-likeness (QED) is 0.836. The van der Waals surface area contributed by atoms with Gasteiger partial charge >= 0.3 is 0 Å². The molecule has 7 nitrogen and oxygen atoms in total. The molecule has 3 heterocycles. The maximum absolute atomic E-state index is 9.93. The molecule has 1 aromatic carbocycles. The Morgan fingerprint density at radius 1 is 1.17 bits per heavy atom. The number of anilines is 1. The van der Waals surface area contributed by atoms with Crippen LogP contribution < -0.4 is 15.0 Å². The normalized spacial score (nSPS) is 25.0. The number of fused-ring (bicyclic) bond motifs is 1. The molecule has 2 fully saturated rings. The van der Waals surface area contributed by atoms with Crippen LogP contribution in [0.3, 0.4) is 0 Å². The number of aliphatic hydroxyl groups excluding tert-OH is 1. The fourth-order valence-corrected chi connectivity index (χ4v) is 2.91. The van der Waals surface area contributed by atoms with Gasteiger partial charge < -0.3 is 24.8 Å². The monoisotopic (exact) mass is 316 g/mol. The van der Waals surface area contributed by atoms with Crippen molar-refractivity contribution in [1.82, 2.24) is 15.3 Å². The van der Waals surface area contributed by atoms with Crippen molar-refractivity contribution in [3.63, 3.8) is 0 Å². The van der Waals surface area contributed by atoms with Crippen LogP contribution in [-0.2, 0) is 4.74 Å². The second-order valence-corrected chi connectivity index (χ2v) is 5.84. The molecular weight excluding hydrogens is 296 g/mol. The van der Waals surface area contributed by atoms with Crippen LogP contribution in [-0.4, -0.2) is 66.7 Å². The second-order valence-electron chi connectivity index (χ2n) is 5.84. The van der Waals surface area contributed by atoms with E-state index in [2.05, 4.69) is 20.2 Å². The highest BCUT2D eigenvalue weighted by Crippen LogP contribution is 2.27. The molecule has 2 N–H and O–H groups in total. The SMILES string of the molecule is O[C@@H]1COC[C@@H]1Oc1nc(N2CCNCC2)nc2ccccc12. The molecule has 1 aromatic heterocycles. The van der Waals surface area contributed by atoms with Crippen molar-refractivity contribution < 1.29 is 14.6 Å². The summed E-state index contributed by atoms with van der Waals surface area (Å²) in [6, 6.07) is 7.78. The highest BCUT2D eigenvalue weighted by atomic mass is 16.6.